The molecule has 24 heavy (non-hydrogen) atoms. The van der Waals surface area contributed by atoms with Gasteiger partial charge in [0.25, 0.3) is 16.0 Å². The molecule has 0 aromatic heterocycles. The fourth-order valence-electron chi connectivity index (χ4n) is 1.96. The smallest absolute Gasteiger partial charge is 0.326 e. The van der Waals surface area contributed by atoms with Crippen LogP contribution in [-0.2, 0) is 24.4 Å². The lowest BCUT2D eigenvalue weighted by Crippen LogP contribution is -2.44. The van der Waals surface area contributed by atoms with Gasteiger partial charge in [0.2, 0.25) is 0 Å². The summed E-state index contributed by atoms with van der Waals surface area (Å²) in [6, 6.07) is 7.11. The molecule has 134 valence electrons. The average molecular weight is 359 g/mol. The van der Waals surface area contributed by atoms with Crippen LogP contribution in [0.5, 0.6) is 0 Å². The molecule has 1 amide bonds. The predicted molar refractivity (Wildman–Crippen MR) is 86.0 cm³/mol. The van der Waals surface area contributed by atoms with Crippen molar-refractivity contribution in [3.63, 3.8) is 0 Å². The quantitative estimate of drug-likeness (QED) is 0.531. The summed E-state index contributed by atoms with van der Waals surface area (Å²) in [4.78, 5) is 23.6. The highest BCUT2D eigenvalue weighted by molar-refractivity contribution is 7.85. The summed E-state index contributed by atoms with van der Waals surface area (Å²) in [5.41, 5.74) is 0.558. The van der Waals surface area contributed by atoms with Crippen molar-refractivity contribution in [2.45, 2.75) is 31.9 Å². The van der Waals surface area contributed by atoms with E-state index in [1.54, 1.807) is 30.3 Å². The van der Waals surface area contributed by atoms with E-state index >= 15 is 0 Å². The van der Waals surface area contributed by atoms with Crippen molar-refractivity contribution in [1.82, 2.24) is 5.32 Å². The molecule has 0 spiro atoms. The van der Waals surface area contributed by atoms with Gasteiger partial charge in [0.05, 0.1) is 5.75 Å². The Morgan fingerprint density at radius 3 is 2.38 bits per heavy atom. The lowest BCUT2D eigenvalue weighted by atomic mass is 10.1. The zero-order valence-corrected chi connectivity index (χ0v) is 14.0. The van der Waals surface area contributed by atoms with E-state index in [-0.39, 0.29) is 0 Å². The van der Waals surface area contributed by atoms with E-state index in [0.29, 0.717) is 18.6 Å². The van der Waals surface area contributed by atoms with E-state index in [1.807, 2.05) is 6.92 Å². The molecule has 0 bridgehead atoms. The second-order valence-electron chi connectivity index (χ2n) is 5.14. The van der Waals surface area contributed by atoms with Gasteiger partial charge in [-0.15, -0.1) is 0 Å². The summed E-state index contributed by atoms with van der Waals surface area (Å²) in [5, 5.41) is 11.4. The second-order valence-corrected chi connectivity index (χ2v) is 6.71. The van der Waals surface area contributed by atoms with Crippen LogP contribution >= 0.6 is 0 Å². The van der Waals surface area contributed by atoms with Crippen molar-refractivity contribution < 1.29 is 32.4 Å². The Balaban J connectivity index is 2.86. The Kier molecular flexibility index (Phi) is 7.83. The number of hydrogen-bond acceptors (Lipinski definition) is 5. The molecule has 0 heterocycles. The van der Waals surface area contributed by atoms with Crippen LogP contribution in [0.3, 0.4) is 0 Å². The van der Waals surface area contributed by atoms with E-state index in [4.69, 9.17) is 14.4 Å². The van der Waals surface area contributed by atoms with Gasteiger partial charge < -0.3 is 15.2 Å². The third-order valence-corrected chi connectivity index (χ3v) is 3.86. The third-order valence-electron chi connectivity index (χ3n) is 3.11. The van der Waals surface area contributed by atoms with Crippen LogP contribution in [0.1, 0.15) is 31.4 Å². The molecule has 9 heteroatoms. The number of nitrogens with one attached hydrogen (secondary N) is 1. The molecule has 1 aromatic carbocycles. The van der Waals surface area contributed by atoms with E-state index in [2.05, 4.69) is 5.32 Å². The minimum absolute atomic E-state index is 0.301. The fourth-order valence-corrected chi connectivity index (χ4v) is 2.49. The minimum Gasteiger partial charge on any atom is -0.480 e. The standard InChI is InChI=1S/C15H21NO7S/c1-2-9-23-13(11-6-4-3-5-7-11)14(17)16-12(15(18)19)8-10-24(20,21)22/h3-7,12-13H,2,8-10H2,1H3,(H,16,17)(H,18,19)(H,20,21,22)/t12-,13?/m0/s1. The molecule has 0 saturated carbocycles. The maximum Gasteiger partial charge on any atom is 0.326 e. The van der Waals surface area contributed by atoms with Gasteiger partial charge in [0, 0.05) is 6.61 Å². The van der Waals surface area contributed by atoms with Gasteiger partial charge in [0.15, 0.2) is 6.10 Å². The Labute approximate surface area is 140 Å². The SMILES string of the molecule is CCCOC(C(=O)N[C@@H](CCS(=O)(=O)O)C(=O)O)c1ccccc1. The summed E-state index contributed by atoms with van der Waals surface area (Å²) >= 11 is 0. The van der Waals surface area contributed by atoms with Gasteiger partial charge in [0.1, 0.15) is 6.04 Å². The number of hydrogen-bond donors (Lipinski definition) is 3. The van der Waals surface area contributed by atoms with Crippen molar-refractivity contribution >= 4 is 22.0 Å². The number of carboxylic acid groups (broad SMARTS) is 1. The Morgan fingerprint density at radius 1 is 1.25 bits per heavy atom. The van der Waals surface area contributed by atoms with E-state index in [1.165, 1.54) is 0 Å². The predicted octanol–water partition coefficient (Wildman–Crippen LogP) is 1.00. The first-order chi connectivity index (χ1) is 11.2. The van der Waals surface area contributed by atoms with Crippen molar-refractivity contribution in [2.24, 2.45) is 0 Å². The lowest BCUT2D eigenvalue weighted by Gasteiger charge is -2.21. The number of carboxylic acids is 1. The van der Waals surface area contributed by atoms with Gasteiger partial charge in [-0.25, -0.2) is 4.79 Å². The van der Waals surface area contributed by atoms with Crippen LogP contribution in [0, 0.1) is 0 Å². The molecule has 0 aliphatic carbocycles. The highest BCUT2D eigenvalue weighted by Crippen LogP contribution is 2.18. The lowest BCUT2D eigenvalue weighted by molar-refractivity contribution is -0.144. The van der Waals surface area contributed by atoms with Gasteiger partial charge >= 0.3 is 5.97 Å². The van der Waals surface area contributed by atoms with Gasteiger partial charge in [-0.2, -0.15) is 8.42 Å². The molecular formula is C15H21NO7S. The number of aliphatic carboxylic acids is 1. The Morgan fingerprint density at radius 2 is 1.88 bits per heavy atom. The molecule has 0 saturated heterocycles. The van der Waals surface area contributed by atoms with Crippen molar-refractivity contribution in [3.05, 3.63) is 35.9 Å². The molecule has 0 fully saturated rings. The zero-order chi connectivity index (χ0) is 18.2. The first-order valence-electron chi connectivity index (χ1n) is 7.39. The van der Waals surface area contributed by atoms with E-state index in [9.17, 15) is 18.0 Å². The fraction of sp³-hybridized carbons (Fsp3) is 0.467. The molecular weight excluding hydrogens is 338 g/mol. The van der Waals surface area contributed by atoms with Crippen molar-refractivity contribution in [3.8, 4) is 0 Å². The van der Waals surface area contributed by atoms with Gasteiger partial charge in [-0.3, -0.25) is 9.35 Å². The first-order valence-corrected chi connectivity index (χ1v) is 9.00. The number of benzene rings is 1. The molecule has 0 radical (unpaired) electrons. The van der Waals surface area contributed by atoms with Gasteiger partial charge in [-0.05, 0) is 18.4 Å². The van der Waals surface area contributed by atoms with Crippen LogP contribution in [0.2, 0.25) is 0 Å². The van der Waals surface area contributed by atoms with Crippen LogP contribution in [0.4, 0.5) is 0 Å². The Hall–Kier alpha value is -1.97. The normalized spacial score (nSPS) is 13.9. The first kappa shape index (κ1) is 20.1. The molecule has 1 unspecified atom stereocenters. The number of carbonyl (C=O) groups excluding carboxylic acids is 1. The van der Waals surface area contributed by atoms with Crippen LogP contribution in [0.25, 0.3) is 0 Å². The van der Waals surface area contributed by atoms with Crippen LogP contribution in [0.15, 0.2) is 30.3 Å². The molecule has 8 nitrogen and oxygen atoms in total. The van der Waals surface area contributed by atoms with Crippen molar-refractivity contribution in [1.29, 1.82) is 0 Å². The van der Waals surface area contributed by atoms with Crippen molar-refractivity contribution in [2.75, 3.05) is 12.4 Å². The largest absolute Gasteiger partial charge is 0.480 e. The summed E-state index contributed by atoms with van der Waals surface area (Å²) in [6.07, 6.45) is -0.782. The summed E-state index contributed by atoms with van der Waals surface area (Å²) in [7, 11) is -4.32. The topological polar surface area (TPSA) is 130 Å². The number of amides is 1. The molecule has 3 N–H and O–H groups in total. The third kappa shape index (κ3) is 7.07. The van der Waals surface area contributed by atoms with Gasteiger partial charge in [-0.1, -0.05) is 37.3 Å². The maximum absolute atomic E-state index is 12.4. The Bertz CT molecular complexity index is 645. The number of ether oxygens (including phenoxy) is 1. The minimum atomic E-state index is -4.32. The monoisotopic (exact) mass is 359 g/mol. The summed E-state index contributed by atoms with van der Waals surface area (Å²) < 4.78 is 35.8. The highest BCUT2D eigenvalue weighted by Gasteiger charge is 2.27. The molecule has 2 atom stereocenters. The number of rotatable bonds is 10. The van der Waals surface area contributed by atoms with E-state index in [0.717, 1.165) is 0 Å². The zero-order valence-electron chi connectivity index (χ0n) is 13.2. The van der Waals surface area contributed by atoms with Crippen LogP contribution < -0.4 is 5.32 Å². The van der Waals surface area contributed by atoms with Crippen LogP contribution in [-0.4, -0.2) is 48.4 Å². The number of carbonyl (C=O) groups is 2. The summed E-state index contributed by atoms with van der Waals surface area (Å²) in [5.74, 6) is -2.84. The summed E-state index contributed by atoms with van der Waals surface area (Å²) in [6.45, 7) is 2.17. The molecule has 0 aliphatic heterocycles. The molecule has 1 aromatic rings. The average Bonchev–Trinajstić information content (AvgIpc) is 2.51. The maximum atomic E-state index is 12.4. The van der Waals surface area contributed by atoms with E-state index < -0.39 is 46.3 Å². The highest BCUT2D eigenvalue weighted by atomic mass is 32.2. The molecule has 0 aliphatic rings. The molecule has 1 rings (SSSR count). The second kappa shape index (κ2) is 9.36.